The predicted molar refractivity (Wildman–Crippen MR) is 99.8 cm³/mol. The molecule has 0 aliphatic carbocycles. The van der Waals surface area contributed by atoms with Crippen LogP contribution in [0.25, 0.3) is 0 Å². The van der Waals surface area contributed by atoms with Gasteiger partial charge in [-0.1, -0.05) is 11.6 Å². The Hall–Kier alpha value is -1.41. The fourth-order valence-corrected chi connectivity index (χ4v) is 5.07. The zero-order valence-electron chi connectivity index (χ0n) is 13.7. The topological polar surface area (TPSA) is 66.5 Å². The number of thiophene rings is 1. The largest absolute Gasteiger partial charge is 0.338 e. The molecule has 2 aromatic rings. The number of halogens is 1. The molecule has 0 radical (unpaired) electrons. The number of benzene rings is 1. The summed E-state index contributed by atoms with van der Waals surface area (Å²) in [5, 5.41) is 0.495. The van der Waals surface area contributed by atoms with Crippen molar-refractivity contribution in [1.82, 2.24) is 9.62 Å². The Morgan fingerprint density at radius 1 is 1.16 bits per heavy atom. The molecule has 5 nitrogen and oxygen atoms in total. The van der Waals surface area contributed by atoms with E-state index in [0.717, 1.165) is 9.75 Å². The van der Waals surface area contributed by atoms with Gasteiger partial charge in [-0.15, -0.1) is 11.3 Å². The van der Waals surface area contributed by atoms with Crippen LogP contribution in [0.4, 0.5) is 0 Å². The summed E-state index contributed by atoms with van der Waals surface area (Å²) in [4.78, 5) is 16.3. The van der Waals surface area contributed by atoms with Crippen molar-refractivity contribution < 1.29 is 13.2 Å². The Morgan fingerprint density at radius 2 is 1.80 bits per heavy atom. The van der Waals surface area contributed by atoms with Crippen LogP contribution in [-0.4, -0.2) is 38.4 Å². The van der Waals surface area contributed by atoms with Gasteiger partial charge in [0, 0.05) is 29.0 Å². The first-order valence-electron chi connectivity index (χ1n) is 7.99. The van der Waals surface area contributed by atoms with Crippen molar-refractivity contribution in [3.05, 3.63) is 51.2 Å². The van der Waals surface area contributed by atoms with Gasteiger partial charge >= 0.3 is 0 Å². The Labute approximate surface area is 156 Å². The Morgan fingerprint density at radius 3 is 2.36 bits per heavy atom. The second-order valence-electron chi connectivity index (χ2n) is 6.05. The number of aryl methyl sites for hydroxylation is 1. The molecule has 1 amide bonds. The Bertz CT molecular complexity index is 854. The van der Waals surface area contributed by atoms with Gasteiger partial charge in [0.2, 0.25) is 10.0 Å². The summed E-state index contributed by atoms with van der Waals surface area (Å²) >= 11 is 7.28. The zero-order valence-corrected chi connectivity index (χ0v) is 16.1. The minimum Gasteiger partial charge on any atom is -0.338 e. The molecule has 3 rings (SSSR count). The lowest BCUT2D eigenvalue weighted by atomic mass is 10.1. The van der Waals surface area contributed by atoms with Crippen LogP contribution in [0, 0.1) is 6.92 Å². The third-order valence-electron chi connectivity index (χ3n) is 4.18. The Balaban J connectivity index is 1.59. The van der Waals surface area contributed by atoms with Gasteiger partial charge in [-0.25, -0.2) is 13.1 Å². The van der Waals surface area contributed by atoms with E-state index in [9.17, 15) is 13.2 Å². The third-order valence-corrected chi connectivity index (χ3v) is 6.96. The van der Waals surface area contributed by atoms with Gasteiger partial charge in [-0.2, -0.15) is 0 Å². The lowest BCUT2D eigenvalue weighted by Gasteiger charge is -2.32. The van der Waals surface area contributed by atoms with E-state index in [1.807, 2.05) is 19.1 Å². The smallest absolute Gasteiger partial charge is 0.263 e. The molecule has 0 spiro atoms. The summed E-state index contributed by atoms with van der Waals surface area (Å²) in [7, 11) is -3.57. The highest BCUT2D eigenvalue weighted by atomic mass is 35.5. The third kappa shape index (κ3) is 4.41. The molecular weight excluding hydrogens is 380 g/mol. The second-order valence-corrected chi connectivity index (χ2v) is 9.49. The maximum absolute atomic E-state index is 12.4. The van der Waals surface area contributed by atoms with E-state index in [2.05, 4.69) is 4.72 Å². The van der Waals surface area contributed by atoms with Gasteiger partial charge in [0.1, 0.15) is 0 Å². The minimum atomic E-state index is -3.57. The van der Waals surface area contributed by atoms with Crippen molar-refractivity contribution in [2.75, 3.05) is 13.1 Å². The van der Waals surface area contributed by atoms with E-state index in [-0.39, 0.29) is 16.8 Å². The summed E-state index contributed by atoms with van der Waals surface area (Å²) in [6.07, 6.45) is 1.20. The number of nitrogens with one attached hydrogen (secondary N) is 1. The molecule has 1 saturated heterocycles. The predicted octanol–water partition coefficient (Wildman–Crippen LogP) is 3.29. The average molecular weight is 399 g/mol. The molecule has 1 aromatic carbocycles. The van der Waals surface area contributed by atoms with Gasteiger partial charge in [0.15, 0.2) is 0 Å². The standard InChI is InChI=1S/C17H19ClN2O3S2/c1-12-2-7-16(24-12)17(21)20-10-8-14(9-11-20)19-25(22,23)15-5-3-13(18)4-6-15/h2-7,14,19H,8-11H2,1H3. The van der Waals surface area contributed by atoms with E-state index in [0.29, 0.717) is 31.0 Å². The molecule has 25 heavy (non-hydrogen) atoms. The molecule has 1 fully saturated rings. The summed E-state index contributed by atoms with van der Waals surface area (Å²) in [5.41, 5.74) is 0. The molecule has 2 heterocycles. The molecule has 0 bridgehead atoms. The number of hydrogen-bond acceptors (Lipinski definition) is 4. The van der Waals surface area contributed by atoms with Crippen molar-refractivity contribution >= 4 is 38.9 Å². The summed E-state index contributed by atoms with van der Waals surface area (Å²) in [6.45, 7) is 3.06. The lowest BCUT2D eigenvalue weighted by molar-refractivity contribution is 0.0716. The van der Waals surface area contributed by atoms with Crippen LogP contribution in [0.3, 0.4) is 0 Å². The number of sulfonamides is 1. The van der Waals surface area contributed by atoms with E-state index in [4.69, 9.17) is 11.6 Å². The number of rotatable bonds is 4. The molecular formula is C17H19ClN2O3S2. The highest BCUT2D eigenvalue weighted by Crippen LogP contribution is 2.21. The SMILES string of the molecule is Cc1ccc(C(=O)N2CCC(NS(=O)(=O)c3ccc(Cl)cc3)CC2)s1. The summed E-state index contributed by atoms with van der Waals surface area (Å²) < 4.78 is 27.6. The number of hydrogen-bond donors (Lipinski definition) is 1. The molecule has 8 heteroatoms. The molecule has 0 unspecified atom stereocenters. The van der Waals surface area contributed by atoms with E-state index in [1.165, 1.54) is 23.5 Å². The van der Waals surface area contributed by atoms with E-state index in [1.54, 1.807) is 17.0 Å². The van der Waals surface area contributed by atoms with Crippen LogP contribution >= 0.6 is 22.9 Å². The highest BCUT2D eigenvalue weighted by molar-refractivity contribution is 7.89. The van der Waals surface area contributed by atoms with Crippen molar-refractivity contribution in [3.63, 3.8) is 0 Å². The van der Waals surface area contributed by atoms with Crippen molar-refractivity contribution in [2.45, 2.75) is 30.7 Å². The lowest BCUT2D eigenvalue weighted by Crippen LogP contribution is -2.46. The van der Waals surface area contributed by atoms with E-state index < -0.39 is 10.0 Å². The van der Waals surface area contributed by atoms with Crippen molar-refractivity contribution in [3.8, 4) is 0 Å². The number of carbonyl (C=O) groups is 1. The number of nitrogens with zero attached hydrogens (tertiary/aromatic N) is 1. The first-order valence-corrected chi connectivity index (χ1v) is 10.7. The molecule has 0 atom stereocenters. The molecule has 1 aromatic heterocycles. The van der Waals surface area contributed by atoms with Crippen LogP contribution in [0.5, 0.6) is 0 Å². The summed E-state index contributed by atoms with van der Waals surface area (Å²) in [6, 6.07) is 9.70. The molecule has 1 aliphatic rings. The van der Waals surface area contributed by atoms with Crippen LogP contribution in [0.2, 0.25) is 5.02 Å². The fraction of sp³-hybridized carbons (Fsp3) is 0.353. The second kappa shape index (κ2) is 7.45. The number of likely N-dealkylation sites (tertiary alicyclic amines) is 1. The van der Waals surface area contributed by atoms with Crippen molar-refractivity contribution in [1.29, 1.82) is 0 Å². The van der Waals surface area contributed by atoms with Crippen LogP contribution in [0.15, 0.2) is 41.3 Å². The van der Waals surface area contributed by atoms with Gasteiger partial charge < -0.3 is 4.90 Å². The quantitative estimate of drug-likeness (QED) is 0.859. The van der Waals surface area contributed by atoms with Gasteiger partial charge in [0.05, 0.1) is 9.77 Å². The molecule has 0 saturated carbocycles. The normalized spacial score (nSPS) is 16.2. The van der Waals surface area contributed by atoms with Crippen LogP contribution in [-0.2, 0) is 10.0 Å². The molecule has 1 N–H and O–H groups in total. The first kappa shape index (κ1) is 18.4. The maximum Gasteiger partial charge on any atom is 0.263 e. The number of piperidine rings is 1. The van der Waals surface area contributed by atoms with Crippen LogP contribution in [0.1, 0.15) is 27.4 Å². The van der Waals surface area contributed by atoms with Crippen molar-refractivity contribution in [2.24, 2.45) is 0 Å². The molecule has 134 valence electrons. The van der Waals surface area contributed by atoms with Gasteiger partial charge in [-0.05, 0) is 56.2 Å². The van der Waals surface area contributed by atoms with Crippen LogP contribution < -0.4 is 4.72 Å². The maximum atomic E-state index is 12.4. The fourth-order valence-electron chi connectivity index (χ4n) is 2.81. The van der Waals surface area contributed by atoms with Gasteiger partial charge in [-0.3, -0.25) is 4.79 Å². The van der Waals surface area contributed by atoms with E-state index >= 15 is 0 Å². The summed E-state index contributed by atoms with van der Waals surface area (Å²) in [5.74, 6) is 0.0251. The Kier molecular flexibility index (Phi) is 5.48. The van der Waals surface area contributed by atoms with Gasteiger partial charge in [0.25, 0.3) is 5.91 Å². The zero-order chi connectivity index (χ0) is 18.0. The number of amides is 1. The first-order chi connectivity index (χ1) is 11.8. The minimum absolute atomic E-state index is 0.0251. The average Bonchev–Trinajstić information content (AvgIpc) is 3.01. The number of carbonyl (C=O) groups excluding carboxylic acids is 1. The molecule has 1 aliphatic heterocycles. The highest BCUT2D eigenvalue weighted by Gasteiger charge is 2.27. The monoisotopic (exact) mass is 398 g/mol.